The van der Waals surface area contributed by atoms with Gasteiger partial charge in [-0.05, 0) is 51.0 Å². The highest BCUT2D eigenvalue weighted by Gasteiger charge is 2.31. The molecule has 0 fully saturated rings. The van der Waals surface area contributed by atoms with Gasteiger partial charge < -0.3 is 14.3 Å². The molecule has 0 heterocycles. The summed E-state index contributed by atoms with van der Waals surface area (Å²) in [5.74, 6) is 0.368. The van der Waals surface area contributed by atoms with E-state index in [0.29, 0.717) is 6.61 Å². The molecule has 0 N–H and O–H groups in total. The summed E-state index contributed by atoms with van der Waals surface area (Å²) >= 11 is 0. The molecule has 0 aliphatic heterocycles. The lowest BCUT2D eigenvalue weighted by Gasteiger charge is -2.19. The topological polar surface area (TPSA) is 57.1 Å². The van der Waals surface area contributed by atoms with Crippen LogP contribution < -0.4 is 4.74 Å². The smallest absolute Gasteiger partial charge is 0.352 e. The average molecular weight is 305 g/mol. The number of hydrogen-bond donors (Lipinski definition) is 0. The Morgan fingerprint density at radius 1 is 1.27 bits per heavy atom. The van der Waals surface area contributed by atoms with E-state index in [-0.39, 0.29) is 0 Å². The maximum Gasteiger partial charge on any atom is 0.352 e. The molecule has 0 aliphatic rings. The number of nitrogens with zero attached hydrogens (tertiary/aromatic N) is 1. The molecule has 0 unspecified atom stereocenters. The molecule has 0 saturated carbocycles. The number of carbonyl (C=O) groups excluding carboxylic acids is 1. The van der Waals surface area contributed by atoms with Crippen LogP contribution in [0.15, 0.2) is 35.0 Å². The first-order chi connectivity index (χ1) is 10.4. The number of carbonyl (C=O) groups is 1. The highest BCUT2D eigenvalue weighted by Crippen LogP contribution is 2.14. The first kappa shape index (κ1) is 17.8. The molecule has 22 heavy (non-hydrogen) atoms. The second kappa shape index (κ2) is 8.22. The Morgan fingerprint density at radius 3 is 2.45 bits per heavy atom. The van der Waals surface area contributed by atoms with E-state index in [1.807, 2.05) is 37.3 Å². The molecule has 1 aromatic carbocycles. The van der Waals surface area contributed by atoms with E-state index in [1.54, 1.807) is 34.1 Å². The molecule has 0 bridgehead atoms. The molecule has 0 aromatic heterocycles. The van der Waals surface area contributed by atoms with Crippen LogP contribution in [0.5, 0.6) is 5.75 Å². The van der Waals surface area contributed by atoms with E-state index in [4.69, 9.17) is 14.3 Å². The number of esters is 1. The van der Waals surface area contributed by atoms with Gasteiger partial charge in [-0.2, -0.15) is 0 Å². The highest BCUT2D eigenvalue weighted by molar-refractivity contribution is 5.84. The van der Waals surface area contributed by atoms with Gasteiger partial charge in [-0.25, -0.2) is 4.79 Å². The fourth-order valence-electron chi connectivity index (χ4n) is 1.58. The van der Waals surface area contributed by atoms with Crippen molar-refractivity contribution in [1.29, 1.82) is 0 Å². The van der Waals surface area contributed by atoms with E-state index >= 15 is 0 Å². The molecule has 5 nitrogen and oxygen atoms in total. The van der Waals surface area contributed by atoms with Crippen molar-refractivity contribution in [1.82, 2.24) is 0 Å². The first-order valence-corrected chi connectivity index (χ1v) is 7.10. The Balaban J connectivity index is 2.64. The van der Waals surface area contributed by atoms with Crippen LogP contribution in [0.25, 0.3) is 6.08 Å². The molecule has 0 spiro atoms. The molecule has 1 aromatic rings. The summed E-state index contributed by atoms with van der Waals surface area (Å²) in [6.45, 7) is 7.19. The zero-order chi connectivity index (χ0) is 16.6. The molecule has 0 amide bonds. The molecular formula is C17H23NO4. The van der Waals surface area contributed by atoms with Gasteiger partial charge in [0, 0.05) is 0 Å². The van der Waals surface area contributed by atoms with Crippen LogP contribution in [0, 0.1) is 0 Å². The van der Waals surface area contributed by atoms with Crippen LogP contribution in [0.3, 0.4) is 0 Å². The Kier molecular flexibility index (Phi) is 6.63. The fourth-order valence-corrected chi connectivity index (χ4v) is 1.58. The summed E-state index contributed by atoms with van der Waals surface area (Å²) in [7, 11) is 1.63. The lowest BCUT2D eigenvalue weighted by molar-refractivity contribution is -0.167. The number of methoxy groups -OCH3 is 1. The van der Waals surface area contributed by atoms with Crippen molar-refractivity contribution in [2.45, 2.75) is 33.3 Å². The van der Waals surface area contributed by atoms with E-state index in [2.05, 4.69) is 5.16 Å². The van der Waals surface area contributed by atoms with Crippen LogP contribution >= 0.6 is 0 Å². The van der Waals surface area contributed by atoms with Crippen molar-refractivity contribution in [3.05, 3.63) is 35.4 Å². The van der Waals surface area contributed by atoms with Crippen molar-refractivity contribution < 1.29 is 19.1 Å². The van der Waals surface area contributed by atoms with Crippen molar-refractivity contribution in [3.8, 4) is 5.75 Å². The summed E-state index contributed by atoms with van der Waals surface area (Å²) in [5.41, 5.74) is 0.812. The van der Waals surface area contributed by atoms with Gasteiger partial charge in [-0.1, -0.05) is 23.4 Å². The summed E-state index contributed by atoms with van der Waals surface area (Å²) in [4.78, 5) is 16.9. The number of allylic oxidation sites excluding steroid dienone is 1. The minimum Gasteiger partial charge on any atom is -0.497 e. The molecule has 1 rings (SSSR count). The van der Waals surface area contributed by atoms with Crippen LogP contribution in [-0.4, -0.2) is 31.5 Å². The molecule has 5 heteroatoms. The number of ether oxygens (including phenoxy) is 2. The lowest BCUT2D eigenvalue weighted by Crippen LogP contribution is -2.35. The van der Waals surface area contributed by atoms with E-state index < -0.39 is 11.6 Å². The van der Waals surface area contributed by atoms with E-state index in [1.165, 1.54) is 0 Å². The maximum absolute atomic E-state index is 11.6. The Labute approximate surface area is 131 Å². The van der Waals surface area contributed by atoms with Gasteiger partial charge in [0.15, 0.2) is 0 Å². The van der Waals surface area contributed by atoms with Gasteiger partial charge in [-0.3, -0.25) is 0 Å². The van der Waals surface area contributed by atoms with Gasteiger partial charge in [0.1, 0.15) is 5.75 Å². The summed E-state index contributed by atoms with van der Waals surface area (Å²) in [6, 6.07) is 7.66. The predicted molar refractivity (Wildman–Crippen MR) is 86.9 cm³/mol. The van der Waals surface area contributed by atoms with Crippen molar-refractivity contribution in [2.24, 2.45) is 5.16 Å². The van der Waals surface area contributed by atoms with Crippen molar-refractivity contribution in [2.75, 3.05) is 13.7 Å². The predicted octanol–water partition coefficient (Wildman–Crippen LogP) is 3.44. The Bertz CT molecular complexity index is 544. The fraction of sp³-hybridized carbons (Fsp3) is 0.412. The lowest BCUT2D eigenvalue weighted by atomic mass is 10.1. The minimum atomic E-state index is -1.10. The maximum atomic E-state index is 11.6. The summed E-state index contributed by atoms with van der Waals surface area (Å²) < 4.78 is 10.0. The number of hydrogen-bond acceptors (Lipinski definition) is 5. The third-order valence-corrected chi connectivity index (χ3v) is 2.81. The quantitative estimate of drug-likeness (QED) is 0.440. The van der Waals surface area contributed by atoms with E-state index in [0.717, 1.165) is 16.9 Å². The molecule has 0 radical (unpaired) electrons. The zero-order valence-electron chi connectivity index (χ0n) is 13.8. The van der Waals surface area contributed by atoms with Gasteiger partial charge in [0.25, 0.3) is 0 Å². The second-order valence-electron chi connectivity index (χ2n) is 5.22. The van der Waals surface area contributed by atoms with Crippen LogP contribution in [0.4, 0.5) is 0 Å². The molecule has 0 aliphatic carbocycles. The van der Waals surface area contributed by atoms with Crippen LogP contribution in [0.2, 0.25) is 0 Å². The Hall–Kier alpha value is -2.30. The SMILES string of the molecule is CCOC(=O)C(C)(C)O/N=C/C(C)=C/c1ccc(OC)cc1. The second-order valence-corrected chi connectivity index (χ2v) is 5.22. The van der Waals surface area contributed by atoms with E-state index in [9.17, 15) is 4.79 Å². The third kappa shape index (κ3) is 5.60. The minimum absolute atomic E-state index is 0.311. The first-order valence-electron chi connectivity index (χ1n) is 7.10. The van der Waals surface area contributed by atoms with Crippen LogP contribution in [0.1, 0.15) is 33.3 Å². The van der Waals surface area contributed by atoms with Crippen molar-refractivity contribution in [3.63, 3.8) is 0 Å². The molecule has 120 valence electrons. The average Bonchev–Trinajstić information content (AvgIpc) is 2.48. The molecular weight excluding hydrogens is 282 g/mol. The standard InChI is InChI=1S/C17H23NO4/c1-6-21-16(19)17(3,4)22-18-12-13(2)11-14-7-9-15(20-5)10-8-14/h7-12H,6H2,1-5H3/b13-11+,18-12+. The molecule has 0 saturated heterocycles. The third-order valence-electron chi connectivity index (χ3n) is 2.81. The number of oxime groups is 1. The van der Waals surface area contributed by atoms with Gasteiger partial charge in [-0.15, -0.1) is 0 Å². The largest absolute Gasteiger partial charge is 0.497 e. The van der Waals surface area contributed by atoms with Crippen molar-refractivity contribution >= 4 is 18.3 Å². The van der Waals surface area contributed by atoms with Gasteiger partial charge >= 0.3 is 5.97 Å². The summed E-state index contributed by atoms with van der Waals surface area (Å²) in [5, 5.41) is 3.86. The molecule has 0 atom stereocenters. The zero-order valence-corrected chi connectivity index (χ0v) is 13.8. The number of rotatable bonds is 7. The number of benzene rings is 1. The highest BCUT2D eigenvalue weighted by atomic mass is 16.7. The monoisotopic (exact) mass is 305 g/mol. The Morgan fingerprint density at radius 2 is 1.91 bits per heavy atom. The van der Waals surface area contributed by atoms with Gasteiger partial charge in [0.05, 0.1) is 19.9 Å². The van der Waals surface area contributed by atoms with Gasteiger partial charge in [0.2, 0.25) is 5.60 Å². The normalized spacial score (nSPS) is 12.3. The summed E-state index contributed by atoms with van der Waals surface area (Å²) in [6.07, 6.45) is 3.51. The van der Waals surface area contributed by atoms with Crippen LogP contribution in [-0.2, 0) is 14.4 Å².